The third-order valence-corrected chi connectivity index (χ3v) is 2.46. The Morgan fingerprint density at radius 2 is 2.25 bits per heavy atom. The van der Waals surface area contributed by atoms with Gasteiger partial charge in [0, 0.05) is 12.1 Å². The van der Waals surface area contributed by atoms with Gasteiger partial charge in [0.15, 0.2) is 5.69 Å². The number of esters is 1. The van der Waals surface area contributed by atoms with E-state index < -0.39 is 10.9 Å². The molecule has 9 heteroatoms. The van der Waals surface area contributed by atoms with E-state index in [-0.39, 0.29) is 35.0 Å². The fourth-order valence-corrected chi connectivity index (χ4v) is 1.59. The van der Waals surface area contributed by atoms with Crippen LogP contribution in [0.3, 0.4) is 0 Å². The maximum atomic E-state index is 11.7. The molecule has 0 bridgehead atoms. The van der Waals surface area contributed by atoms with Crippen LogP contribution in [0.15, 0.2) is 18.2 Å². The maximum absolute atomic E-state index is 11.7. The maximum Gasteiger partial charge on any atom is 0.361 e. The van der Waals surface area contributed by atoms with Crippen molar-refractivity contribution in [2.75, 3.05) is 6.61 Å². The highest BCUT2D eigenvalue weighted by atomic mass is 16.6. The summed E-state index contributed by atoms with van der Waals surface area (Å²) in [6.07, 6.45) is 0. The number of nitrogens with one attached hydrogen (secondary N) is 1. The number of aromatic nitrogens is 3. The predicted molar refractivity (Wildman–Crippen MR) is 66.1 cm³/mol. The van der Waals surface area contributed by atoms with Gasteiger partial charge in [-0.1, -0.05) is 0 Å². The topological polar surface area (TPSA) is 131 Å². The van der Waals surface area contributed by atoms with Crippen molar-refractivity contribution in [2.45, 2.75) is 6.92 Å². The lowest BCUT2D eigenvalue weighted by atomic mass is 10.1. The van der Waals surface area contributed by atoms with E-state index in [0.717, 1.165) is 18.2 Å². The monoisotopic (exact) mass is 278 g/mol. The first-order valence-corrected chi connectivity index (χ1v) is 5.60. The summed E-state index contributed by atoms with van der Waals surface area (Å²) in [7, 11) is 0. The minimum atomic E-state index is -0.734. The first-order chi connectivity index (χ1) is 9.54. The van der Waals surface area contributed by atoms with Crippen LogP contribution < -0.4 is 0 Å². The molecule has 0 aliphatic heterocycles. The molecule has 0 atom stereocenters. The number of rotatable bonds is 4. The number of nitro benzene ring substituents is 1. The smallest absolute Gasteiger partial charge is 0.361 e. The van der Waals surface area contributed by atoms with Crippen LogP contribution in [-0.2, 0) is 4.74 Å². The van der Waals surface area contributed by atoms with Gasteiger partial charge in [0.2, 0.25) is 0 Å². The van der Waals surface area contributed by atoms with E-state index in [0.29, 0.717) is 0 Å². The Kier molecular flexibility index (Phi) is 3.60. The highest BCUT2D eigenvalue weighted by Crippen LogP contribution is 2.32. The summed E-state index contributed by atoms with van der Waals surface area (Å²) in [5.74, 6) is -0.989. The third-order valence-electron chi connectivity index (χ3n) is 2.46. The molecule has 2 rings (SSSR count). The average Bonchev–Trinajstić information content (AvgIpc) is 2.88. The number of hydrogen-bond donors (Lipinski definition) is 2. The quantitative estimate of drug-likeness (QED) is 0.488. The van der Waals surface area contributed by atoms with Crippen LogP contribution in [0.2, 0.25) is 0 Å². The first kappa shape index (κ1) is 13.5. The molecular formula is C11H10N4O5. The second kappa shape index (κ2) is 5.34. The summed E-state index contributed by atoms with van der Waals surface area (Å²) in [5.41, 5.74) is -0.376. The highest BCUT2D eigenvalue weighted by Gasteiger charge is 2.23. The Hall–Kier alpha value is -2.97. The zero-order valence-electron chi connectivity index (χ0n) is 10.4. The molecular weight excluding hydrogens is 268 g/mol. The third kappa shape index (κ3) is 2.41. The molecule has 104 valence electrons. The van der Waals surface area contributed by atoms with Crippen LogP contribution in [-0.4, -0.2) is 38.0 Å². The molecule has 0 saturated carbocycles. The van der Waals surface area contributed by atoms with Gasteiger partial charge in [0.05, 0.1) is 17.1 Å². The van der Waals surface area contributed by atoms with Gasteiger partial charge in [0.25, 0.3) is 5.69 Å². The standard InChI is InChI=1S/C11H10N4O5/c1-2-20-11(17)10-9(12-14-13-10)7-5-6(15(18)19)3-4-8(7)16/h3-5,16H,2H2,1H3,(H,12,13,14). The fourth-order valence-electron chi connectivity index (χ4n) is 1.59. The van der Waals surface area contributed by atoms with E-state index in [1.54, 1.807) is 6.92 Å². The molecule has 2 N–H and O–H groups in total. The van der Waals surface area contributed by atoms with Gasteiger partial charge in [-0.3, -0.25) is 10.1 Å². The number of ether oxygens (including phenoxy) is 1. The van der Waals surface area contributed by atoms with Gasteiger partial charge in [-0.05, 0) is 13.0 Å². The Labute approximate surface area is 112 Å². The lowest BCUT2D eigenvalue weighted by molar-refractivity contribution is -0.384. The number of phenols is 1. The molecule has 1 aromatic carbocycles. The molecule has 2 aromatic rings. The number of carbonyl (C=O) groups is 1. The molecule has 0 saturated heterocycles. The normalized spacial score (nSPS) is 10.2. The number of phenolic OH excluding ortho intramolecular Hbond substituents is 1. The van der Waals surface area contributed by atoms with Crippen molar-refractivity contribution in [1.29, 1.82) is 0 Å². The summed E-state index contributed by atoms with van der Waals surface area (Å²) in [6, 6.07) is 3.40. The predicted octanol–water partition coefficient (Wildman–Crippen LogP) is 1.26. The fraction of sp³-hybridized carbons (Fsp3) is 0.182. The summed E-state index contributed by atoms with van der Waals surface area (Å²) in [6.45, 7) is 1.77. The molecule has 1 heterocycles. The van der Waals surface area contributed by atoms with Gasteiger partial charge >= 0.3 is 5.97 Å². The van der Waals surface area contributed by atoms with Crippen molar-refractivity contribution in [3.63, 3.8) is 0 Å². The van der Waals surface area contributed by atoms with E-state index in [1.165, 1.54) is 0 Å². The SMILES string of the molecule is CCOC(=O)c1n[nH]nc1-c1cc([N+](=O)[O-])ccc1O. The van der Waals surface area contributed by atoms with Crippen LogP contribution in [0, 0.1) is 10.1 Å². The number of non-ortho nitro benzene ring substituents is 1. The molecule has 0 aliphatic carbocycles. The summed E-state index contributed by atoms with van der Waals surface area (Å²) in [4.78, 5) is 21.8. The Morgan fingerprint density at radius 1 is 1.50 bits per heavy atom. The molecule has 0 radical (unpaired) electrons. The van der Waals surface area contributed by atoms with Gasteiger partial charge in [-0.25, -0.2) is 4.79 Å². The zero-order valence-corrected chi connectivity index (χ0v) is 10.4. The largest absolute Gasteiger partial charge is 0.507 e. The minimum Gasteiger partial charge on any atom is -0.507 e. The van der Waals surface area contributed by atoms with Crippen LogP contribution in [0.4, 0.5) is 5.69 Å². The number of hydrogen-bond acceptors (Lipinski definition) is 7. The van der Waals surface area contributed by atoms with E-state index in [2.05, 4.69) is 15.4 Å². The number of carbonyl (C=O) groups excluding carboxylic acids is 1. The molecule has 9 nitrogen and oxygen atoms in total. The Morgan fingerprint density at radius 3 is 2.90 bits per heavy atom. The average molecular weight is 278 g/mol. The number of aromatic hydroxyl groups is 1. The van der Waals surface area contributed by atoms with Crippen molar-refractivity contribution in [3.05, 3.63) is 34.0 Å². The van der Waals surface area contributed by atoms with Crippen molar-refractivity contribution >= 4 is 11.7 Å². The van der Waals surface area contributed by atoms with Gasteiger partial charge in [-0.15, -0.1) is 5.10 Å². The highest BCUT2D eigenvalue weighted by molar-refractivity contribution is 5.94. The molecule has 0 aliphatic rings. The Bertz CT molecular complexity index is 667. The number of aromatic amines is 1. The van der Waals surface area contributed by atoms with E-state index in [9.17, 15) is 20.0 Å². The molecule has 0 amide bonds. The van der Waals surface area contributed by atoms with Crippen LogP contribution in [0.5, 0.6) is 5.75 Å². The van der Waals surface area contributed by atoms with Crippen molar-refractivity contribution in [1.82, 2.24) is 15.4 Å². The molecule has 0 fully saturated rings. The summed E-state index contributed by atoms with van der Waals surface area (Å²) in [5, 5.41) is 30.1. The van der Waals surface area contributed by atoms with Gasteiger partial charge in [-0.2, -0.15) is 10.3 Å². The summed E-state index contributed by atoms with van der Waals surface area (Å²) < 4.78 is 4.79. The van der Waals surface area contributed by atoms with E-state index in [4.69, 9.17) is 4.74 Å². The van der Waals surface area contributed by atoms with E-state index in [1.807, 2.05) is 0 Å². The van der Waals surface area contributed by atoms with Crippen LogP contribution >= 0.6 is 0 Å². The number of nitro groups is 1. The second-order valence-electron chi connectivity index (χ2n) is 3.70. The zero-order chi connectivity index (χ0) is 14.7. The minimum absolute atomic E-state index is 0.00958. The second-order valence-corrected chi connectivity index (χ2v) is 3.70. The lowest BCUT2D eigenvalue weighted by Gasteiger charge is -2.03. The first-order valence-electron chi connectivity index (χ1n) is 5.60. The van der Waals surface area contributed by atoms with Crippen molar-refractivity contribution in [2.24, 2.45) is 0 Å². The van der Waals surface area contributed by atoms with Crippen molar-refractivity contribution in [3.8, 4) is 17.0 Å². The van der Waals surface area contributed by atoms with Gasteiger partial charge < -0.3 is 9.84 Å². The van der Waals surface area contributed by atoms with E-state index >= 15 is 0 Å². The van der Waals surface area contributed by atoms with Gasteiger partial charge in [0.1, 0.15) is 11.4 Å². The van der Waals surface area contributed by atoms with Crippen LogP contribution in [0.1, 0.15) is 17.4 Å². The lowest BCUT2D eigenvalue weighted by Crippen LogP contribution is -2.06. The number of H-pyrrole nitrogens is 1. The molecule has 0 unspecified atom stereocenters. The molecule has 1 aromatic heterocycles. The number of benzene rings is 1. The number of nitrogens with zero attached hydrogens (tertiary/aromatic N) is 3. The van der Waals surface area contributed by atoms with Crippen LogP contribution in [0.25, 0.3) is 11.3 Å². The summed E-state index contributed by atoms with van der Waals surface area (Å²) >= 11 is 0. The molecule has 0 spiro atoms. The molecule has 20 heavy (non-hydrogen) atoms. The van der Waals surface area contributed by atoms with Crippen molar-refractivity contribution < 1.29 is 19.6 Å². The Balaban J connectivity index is 2.52.